The van der Waals surface area contributed by atoms with Crippen LogP contribution < -0.4 is 9.80 Å². The van der Waals surface area contributed by atoms with E-state index in [2.05, 4.69) is 601 Å². The molecule has 0 saturated carbocycles. The van der Waals surface area contributed by atoms with E-state index in [4.69, 9.17) is 0 Å². The Labute approximate surface area is 861 Å². The monoisotopic (exact) mass is 1880 g/mol. The van der Waals surface area contributed by atoms with Crippen LogP contribution in [-0.4, -0.2) is 9.13 Å². The van der Waals surface area contributed by atoms with E-state index in [1.165, 1.54) is 110 Å². The number of benzene rings is 25. The summed E-state index contributed by atoms with van der Waals surface area (Å²) in [7, 11) is 0. The van der Waals surface area contributed by atoms with Gasteiger partial charge in [-0.15, -0.1) is 0 Å². The zero-order valence-electron chi connectivity index (χ0n) is 81.2. The van der Waals surface area contributed by atoms with Crippen LogP contribution in [0.15, 0.2) is 582 Å². The van der Waals surface area contributed by atoms with Gasteiger partial charge in [0.25, 0.3) is 0 Å². The smallest absolute Gasteiger partial charge is 0.0547 e. The van der Waals surface area contributed by atoms with Gasteiger partial charge in [0.15, 0.2) is 0 Å². The Morgan fingerprint density at radius 3 is 0.919 bits per heavy atom. The number of anilines is 6. The zero-order valence-corrected chi connectivity index (χ0v) is 81.2. The van der Waals surface area contributed by atoms with Crippen molar-refractivity contribution in [1.29, 1.82) is 0 Å². The first-order valence-corrected chi connectivity index (χ1v) is 50.9. The molecule has 692 valence electrons. The van der Waals surface area contributed by atoms with Crippen LogP contribution in [0.5, 0.6) is 0 Å². The third-order valence-electron chi connectivity index (χ3n) is 29.8. The van der Waals surface area contributed by atoms with E-state index in [9.17, 15) is 0 Å². The first-order chi connectivity index (χ1) is 73.3. The van der Waals surface area contributed by atoms with Crippen LogP contribution in [0.4, 0.5) is 34.1 Å². The molecule has 4 heteroatoms. The van der Waals surface area contributed by atoms with Crippen LogP contribution in [0, 0.1) is 0 Å². The van der Waals surface area contributed by atoms with Gasteiger partial charge in [0, 0.05) is 67.0 Å². The van der Waals surface area contributed by atoms with Gasteiger partial charge in [-0.05, 0) is 353 Å². The fourth-order valence-corrected chi connectivity index (χ4v) is 22.7. The third-order valence-corrected chi connectivity index (χ3v) is 29.8. The van der Waals surface area contributed by atoms with Crippen molar-refractivity contribution in [2.75, 3.05) is 9.80 Å². The lowest BCUT2D eigenvalue weighted by atomic mass is 9.91. The number of nitrogens with zero attached hydrogens (tertiary/aromatic N) is 4. The molecular formula is C144H96N4. The molecule has 2 heterocycles. The molecule has 0 aliphatic heterocycles. The van der Waals surface area contributed by atoms with Crippen molar-refractivity contribution < 1.29 is 0 Å². The van der Waals surface area contributed by atoms with E-state index in [1.807, 2.05) is 0 Å². The topological polar surface area (TPSA) is 16.3 Å². The van der Waals surface area contributed by atoms with Crippen LogP contribution in [-0.2, 0) is 0 Å². The van der Waals surface area contributed by atoms with Gasteiger partial charge < -0.3 is 18.9 Å². The van der Waals surface area contributed by atoms with E-state index < -0.39 is 0 Å². The average Bonchev–Trinajstić information content (AvgIpc) is 1.56. The molecule has 25 aromatic carbocycles. The van der Waals surface area contributed by atoms with Crippen molar-refractivity contribution in [1.82, 2.24) is 9.13 Å². The molecular weight excluding hydrogens is 1790 g/mol. The van der Waals surface area contributed by atoms with Gasteiger partial charge in [0.05, 0.1) is 22.1 Å². The number of para-hydroxylation sites is 2. The van der Waals surface area contributed by atoms with Gasteiger partial charge in [-0.25, -0.2) is 0 Å². The molecule has 27 rings (SSSR count). The number of aromatic nitrogens is 2. The second kappa shape index (κ2) is 37.7. The summed E-state index contributed by atoms with van der Waals surface area (Å²) in [5, 5.41) is 12.1. The zero-order chi connectivity index (χ0) is 97.9. The highest BCUT2D eigenvalue weighted by molar-refractivity contribution is 6.26. The van der Waals surface area contributed by atoms with Crippen LogP contribution in [0.2, 0.25) is 0 Å². The molecule has 0 spiro atoms. The van der Waals surface area contributed by atoms with E-state index in [0.717, 1.165) is 156 Å². The quantitative estimate of drug-likeness (QED) is 0.0713. The maximum atomic E-state index is 2.46. The van der Waals surface area contributed by atoms with Gasteiger partial charge in [0.2, 0.25) is 0 Å². The molecule has 0 saturated heterocycles. The van der Waals surface area contributed by atoms with Crippen molar-refractivity contribution in [3.63, 3.8) is 0 Å². The van der Waals surface area contributed by atoms with Gasteiger partial charge in [-0.1, -0.05) is 406 Å². The summed E-state index contributed by atoms with van der Waals surface area (Å²) in [6.45, 7) is 0. The van der Waals surface area contributed by atoms with Gasteiger partial charge in [-0.3, -0.25) is 0 Å². The summed E-state index contributed by atoms with van der Waals surface area (Å²) in [5.41, 5.74) is 43.2. The molecule has 0 bridgehead atoms. The molecule has 0 aliphatic carbocycles. The molecule has 0 unspecified atom stereocenters. The standard InChI is InChI=1S/C144H96N4/c1-7-31-97(32-8-1)116-87-117(98-33-9-2-10-34-98)89-119(88-116)102-67-77-125(78-68-102)145(128-51-26-45-113(93-128)134-57-29-59-138-142(134)137-95-110-40-19-20-41-111(110)96-141(137)148(138)123-49-17-6-18-50-123)126-79-69-103(70-80-126)120-90-118(99-35-11-3-12-36-99)91-121(92-120)109-44-25-43-108(85-109)112-73-83-136-115(86-112)74-84-140-144(136)143-135(58-30-60-139(143)147(140)122-47-15-5-16-48-122)114-46-27-52-129(94-114)146(127-81-71-107(72-82-127)132-55-24-23-54-130(132)104-37-13-4-14-38-104)124-75-65-101(66-76-124)100-61-63-106(64-62-100)133-56-28-42-105-39-21-22-53-131(105)133/h1-96H. The van der Waals surface area contributed by atoms with Crippen LogP contribution >= 0.6 is 0 Å². The van der Waals surface area contributed by atoms with Crippen molar-refractivity contribution in [3.05, 3.63) is 582 Å². The highest BCUT2D eigenvalue weighted by Gasteiger charge is 2.26. The lowest BCUT2D eigenvalue weighted by Crippen LogP contribution is -2.10. The Morgan fingerprint density at radius 2 is 0.412 bits per heavy atom. The van der Waals surface area contributed by atoms with Crippen LogP contribution in [0.25, 0.3) is 232 Å². The van der Waals surface area contributed by atoms with Crippen molar-refractivity contribution in [2.24, 2.45) is 0 Å². The Hall–Kier alpha value is -19.5. The van der Waals surface area contributed by atoms with Gasteiger partial charge >= 0.3 is 0 Å². The molecule has 0 radical (unpaired) electrons. The SMILES string of the molecule is c1ccc(-c2cc(-c3ccccc3)cc(-c3ccc(N(c4ccc(-c5cc(-c6ccccc6)cc(-c6cccc(-c7ccc8c(ccc9c8c8c(-c%10cccc(N(c%11ccc(-c%12ccc(-c%13cccc%14ccccc%13%14)cc%12)cc%11)c%11ccc(-c%12ccccc%12-c%12ccccc%12)cc%11)c%10)cccc8n9-c8ccccc8)c7)c6)c5)cc4)c4cccc(-c5cccc6c5c5cc7ccccc7cc5n6-c5ccccc5)c4)cc3)c2)cc1. The lowest BCUT2D eigenvalue weighted by Gasteiger charge is -2.26. The summed E-state index contributed by atoms with van der Waals surface area (Å²) >= 11 is 0. The Morgan fingerprint density at radius 1 is 0.115 bits per heavy atom. The first-order valence-electron chi connectivity index (χ1n) is 50.9. The molecule has 2 aromatic heterocycles. The van der Waals surface area contributed by atoms with Gasteiger partial charge in [-0.2, -0.15) is 0 Å². The molecule has 0 fully saturated rings. The van der Waals surface area contributed by atoms with E-state index in [1.54, 1.807) is 0 Å². The number of hydrogen-bond donors (Lipinski definition) is 0. The molecule has 0 N–H and O–H groups in total. The molecule has 148 heavy (non-hydrogen) atoms. The molecule has 4 nitrogen and oxygen atoms in total. The molecule has 0 amide bonds. The van der Waals surface area contributed by atoms with Crippen molar-refractivity contribution >= 4 is 110 Å². The fourth-order valence-electron chi connectivity index (χ4n) is 22.7. The highest BCUT2D eigenvalue weighted by atomic mass is 15.1. The summed E-state index contributed by atoms with van der Waals surface area (Å²) in [5.74, 6) is 0. The van der Waals surface area contributed by atoms with Gasteiger partial charge in [0.1, 0.15) is 0 Å². The van der Waals surface area contributed by atoms with Crippen molar-refractivity contribution in [2.45, 2.75) is 0 Å². The van der Waals surface area contributed by atoms with Crippen LogP contribution in [0.3, 0.4) is 0 Å². The third kappa shape index (κ3) is 16.3. The summed E-state index contributed by atoms with van der Waals surface area (Å²) in [6, 6.07) is 215. The first kappa shape index (κ1) is 87.5. The Kier molecular flexibility index (Phi) is 22.3. The highest BCUT2D eigenvalue weighted by Crippen LogP contribution is 2.50. The summed E-state index contributed by atoms with van der Waals surface area (Å²) in [4.78, 5) is 4.84. The number of hydrogen-bond acceptors (Lipinski definition) is 2. The largest absolute Gasteiger partial charge is 0.310 e. The average molecular weight is 1880 g/mol. The Bertz CT molecular complexity index is 9640. The van der Waals surface area contributed by atoms with Crippen molar-refractivity contribution in [3.8, 4) is 156 Å². The number of fused-ring (bicyclic) bond motifs is 10. The maximum Gasteiger partial charge on any atom is 0.0547 e. The fraction of sp³-hybridized carbons (Fsp3) is 0. The normalized spacial score (nSPS) is 11.5. The minimum absolute atomic E-state index is 1.03. The minimum Gasteiger partial charge on any atom is -0.310 e. The maximum absolute atomic E-state index is 2.46. The predicted molar refractivity (Wildman–Crippen MR) is 628 cm³/mol. The second-order valence-corrected chi connectivity index (χ2v) is 38.6. The van der Waals surface area contributed by atoms with E-state index >= 15 is 0 Å². The molecule has 27 aromatic rings. The molecule has 0 atom stereocenters. The predicted octanol–water partition coefficient (Wildman–Crippen LogP) is 40.0. The second-order valence-electron chi connectivity index (χ2n) is 38.6. The molecule has 0 aliphatic rings. The summed E-state index contributed by atoms with van der Waals surface area (Å²) < 4.78 is 4.90. The number of rotatable bonds is 21. The minimum atomic E-state index is 1.03. The van der Waals surface area contributed by atoms with E-state index in [-0.39, 0.29) is 0 Å². The lowest BCUT2D eigenvalue weighted by molar-refractivity contribution is 1.18. The van der Waals surface area contributed by atoms with E-state index in [0.29, 0.717) is 0 Å². The summed E-state index contributed by atoms with van der Waals surface area (Å²) in [6.07, 6.45) is 0. The van der Waals surface area contributed by atoms with Crippen LogP contribution in [0.1, 0.15) is 0 Å². The Balaban J connectivity index is 0.547.